The van der Waals surface area contributed by atoms with Crippen LogP contribution in [-0.4, -0.2) is 13.0 Å². The van der Waals surface area contributed by atoms with E-state index in [1.807, 2.05) is 31.2 Å². The number of hydrogen-bond acceptors (Lipinski definition) is 2. The van der Waals surface area contributed by atoms with Gasteiger partial charge < -0.3 is 10.1 Å². The van der Waals surface area contributed by atoms with Gasteiger partial charge in [-0.05, 0) is 11.1 Å². The van der Waals surface area contributed by atoms with Crippen molar-refractivity contribution in [3.05, 3.63) is 35.4 Å². The molecule has 15 heavy (non-hydrogen) atoms. The summed E-state index contributed by atoms with van der Waals surface area (Å²) in [6, 6.07) is 7.95. The summed E-state index contributed by atoms with van der Waals surface area (Å²) in [7, 11) is 1.67. The van der Waals surface area contributed by atoms with Crippen LogP contribution in [-0.2, 0) is 22.7 Å². The SMILES string of the molecule is CCC(=O)NCc1ccccc1COC. The zero-order chi connectivity index (χ0) is 11.1. The zero-order valence-corrected chi connectivity index (χ0v) is 9.25. The monoisotopic (exact) mass is 207 g/mol. The topological polar surface area (TPSA) is 38.3 Å². The molecule has 0 bridgehead atoms. The van der Waals surface area contributed by atoms with Crippen LogP contribution >= 0.6 is 0 Å². The van der Waals surface area contributed by atoms with Crippen molar-refractivity contribution in [2.45, 2.75) is 26.5 Å². The van der Waals surface area contributed by atoms with E-state index in [9.17, 15) is 4.79 Å². The molecule has 1 amide bonds. The predicted molar refractivity (Wildman–Crippen MR) is 59.3 cm³/mol. The number of hydrogen-bond donors (Lipinski definition) is 1. The summed E-state index contributed by atoms with van der Waals surface area (Å²) in [5, 5.41) is 2.85. The molecule has 0 atom stereocenters. The number of carbonyl (C=O) groups is 1. The van der Waals surface area contributed by atoms with Crippen LogP contribution in [0.1, 0.15) is 24.5 Å². The number of carbonyl (C=O) groups excluding carboxylic acids is 1. The smallest absolute Gasteiger partial charge is 0.219 e. The molecule has 0 fully saturated rings. The molecule has 0 unspecified atom stereocenters. The number of nitrogens with one attached hydrogen (secondary N) is 1. The van der Waals surface area contributed by atoms with E-state index >= 15 is 0 Å². The van der Waals surface area contributed by atoms with Crippen molar-refractivity contribution in [3.8, 4) is 0 Å². The maximum Gasteiger partial charge on any atom is 0.219 e. The first-order valence-electron chi connectivity index (χ1n) is 5.10. The Kier molecular flexibility index (Phi) is 4.84. The van der Waals surface area contributed by atoms with Gasteiger partial charge in [-0.3, -0.25) is 4.79 Å². The standard InChI is InChI=1S/C12H17NO2/c1-3-12(14)13-8-10-6-4-5-7-11(10)9-15-2/h4-7H,3,8-9H2,1-2H3,(H,13,14). The molecule has 0 saturated heterocycles. The Morgan fingerprint density at radius 2 is 2.00 bits per heavy atom. The lowest BCUT2D eigenvalue weighted by molar-refractivity contribution is -0.120. The van der Waals surface area contributed by atoms with Gasteiger partial charge in [-0.2, -0.15) is 0 Å². The van der Waals surface area contributed by atoms with Crippen LogP contribution in [0.4, 0.5) is 0 Å². The maximum absolute atomic E-state index is 11.1. The van der Waals surface area contributed by atoms with Crippen molar-refractivity contribution in [1.82, 2.24) is 5.32 Å². The second kappa shape index (κ2) is 6.19. The molecule has 0 aliphatic carbocycles. The minimum absolute atomic E-state index is 0.0715. The molecule has 3 heteroatoms. The van der Waals surface area contributed by atoms with Gasteiger partial charge in [0, 0.05) is 20.1 Å². The third-order valence-corrected chi connectivity index (χ3v) is 2.22. The highest BCUT2D eigenvalue weighted by molar-refractivity contribution is 5.75. The summed E-state index contributed by atoms with van der Waals surface area (Å²) < 4.78 is 5.09. The van der Waals surface area contributed by atoms with Crippen molar-refractivity contribution in [2.75, 3.05) is 7.11 Å². The van der Waals surface area contributed by atoms with Crippen LogP contribution in [0.5, 0.6) is 0 Å². The van der Waals surface area contributed by atoms with E-state index < -0.39 is 0 Å². The first-order valence-corrected chi connectivity index (χ1v) is 5.10. The molecule has 1 N–H and O–H groups in total. The lowest BCUT2D eigenvalue weighted by Crippen LogP contribution is -2.22. The summed E-state index contributed by atoms with van der Waals surface area (Å²) in [6.07, 6.45) is 0.520. The molecule has 0 aliphatic heterocycles. The fraction of sp³-hybridized carbons (Fsp3) is 0.417. The van der Waals surface area contributed by atoms with Crippen molar-refractivity contribution in [3.63, 3.8) is 0 Å². The number of methoxy groups -OCH3 is 1. The van der Waals surface area contributed by atoms with E-state index in [0.29, 0.717) is 19.6 Å². The molecule has 0 spiro atoms. The number of amides is 1. The number of ether oxygens (including phenoxy) is 1. The third kappa shape index (κ3) is 3.72. The molecule has 82 valence electrons. The highest BCUT2D eigenvalue weighted by Gasteiger charge is 2.02. The van der Waals surface area contributed by atoms with E-state index in [-0.39, 0.29) is 5.91 Å². The Bertz CT molecular complexity index is 323. The van der Waals surface area contributed by atoms with Gasteiger partial charge in [0.05, 0.1) is 6.61 Å². The molecular weight excluding hydrogens is 190 g/mol. The Morgan fingerprint density at radius 3 is 2.60 bits per heavy atom. The molecule has 1 rings (SSSR count). The average Bonchev–Trinajstić information content (AvgIpc) is 2.28. The second-order valence-electron chi connectivity index (χ2n) is 3.33. The van der Waals surface area contributed by atoms with Crippen LogP contribution in [0.25, 0.3) is 0 Å². The summed E-state index contributed by atoms with van der Waals surface area (Å²) in [6.45, 7) is 3.00. The summed E-state index contributed by atoms with van der Waals surface area (Å²) >= 11 is 0. The van der Waals surface area contributed by atoms with Crippen LogP contribution in [0.2, 0.25) is 0 Å². The van der Waals surface area contributed by atoms with Crippen LogP contribution in [0, 0.1) is 0 Å². The second-order valence-corrected chi connectivity index (χ2v) is 3.33. The van der Waals surface area contributed by atoms with E-state index in [1.54, 1.807) is 7.11 Å². The van der Waals surface area contributed by atoms with Gasteiger partial charge in [0.1, 0.15) is 0 Å². The summed E-state index contributed by atoms with van der Waals surface area (Å²) in [5.74, 6) is 0.0715. The van der Waals surface area contributed by atoms with Crippen LogP contribution in [0.3, 0.4) is 0 Å². The first-order chi connectivity index (χ1) is 7.27. The Morgan fingerprint density at radius 1 is 1.33 bits per heavy atom. The van der Waals surface area contributed by atoms with E-state index in [2.05, 4.69) is 5.32 Å². The molecule has 0 aliphatic rings. The van der Waals surface area contributed by atoms with Gasteiger partial charge >= 0.3 is 0 Å². The minimum Gasteiger partial charge on any atom is -0.380 e. The van der Waals surface area contributed by atoms with Gasteiger partial charge in [-0.15, -0.1) is 0 Å². The average molecular weight is 207 g/mol. The Labute approximate surface area is 90.4 Å². The fourth-order valence-electron chi connectivity index (χ4n) is 1.35. The lowest BCUT2D eigenvalue weighted by Gasteiger charge is -2.09. The van der Waals surface area contributed by atoms with Crippen LogP contribution in [0.15, 0.2) is 24.3 Å². The lowest BCUT2D eigenvalue weighted by atomic mass is 10.1. The van der Waals surface area contributed by atoms with E-state index in [4.69, 9.17) is 4.74 Å². The quantitative estimate of drug-likeness (QED) is 0.800. The highest BCUT2D eigenvalue weighted by Crippen LogP contribution is 2.09. The largest absolute Gasteiger partial charge is 0.380 e. The number of benzene rings is 1. The fourth-order valence-corrected chi connectivity index (χ4v) is 1.35. The molecule has 3 nitrogen and oxygen atoms in total. The number of rotatable bonds is 5. The molecule has 0 saturated carbocycles. The molecule has 0 heterocycles. The normalized spacial score (nSPS) is 10.0. The molecule has 0 radical (unpaired) electrons. The van der Waals surface area contributed by atoms with Crippen molar-refractivity contribution in [2.24, 2.45) is 0 Å². The predicted octanol–water partition coefficient (Wildman–Crippen LogP) is 1.86. The van der Waals surface area contributed by atoms with E-state index in [0.717, 1.165) is 11.1 Å². The minimum atomic E-state index is 0.0715. The van der Waals surface area contributed by atoms with E-state index in [1.165, 1.54) is 0 Å². The highest BCUT2D eigenvalue weighted by atomic mass is 16.5. The van der Waals surface area contributed by atoms with Gasteiger partial charge in [0.2, 0.25) is 5.91 Å². The molecule has 0 aromatic heterocycles. The summed E-state index contributed by atoms with van der Waals surface area (Å²) in [4.78, 5) is 11.1. The van der Waals surface area contributed by atoms with Crippen molar-refractivity contribution >= 4 is 5.91 Å². The molecule has 1 aromatic rings. The van der Waals surface area contributed by atoms with Gasteiger partial charge in [-0.25, -0.2) is 0 Å². The molecule has 1 aromatic carbocycles. The van der Waals surface area contributed by atoms with Gasteiger partial charge in [-0.1, -0.05) is 31.2 Å². The van der Waals surface area contributed by atoms with Crippen LogP contribution < -0.4 is 5.32 Å². The Balaban J connectivity index is 2.62. The maximum atomic E-state index is 11.1. The van der Waals surface area contributed by atoms with Gasteiger partial charge in [0.25, 0.3) is 0 Å². The van der Waals surface area contributed by atoms with Crippen molar-refractivity contribution < 1.29 is 9.53 Å². The summed E-state index contributed by atoms with van der Waals surface area (Å²) in [5.41, 5.74) is 2.23. The first kappa shape index (κ1) is 11.7. The zero-order valence-electron chi connectivity index (χ0n) is 9.25. The van der Waals surface area contributed by atoms with Gasteiger partial charge in [0.15, 0.2) is 0 Å². The molecular formula is C12H17NO2. The van der Waals surface area contributed by atoms with Crippen molar-refractivity contribution in [1.29, 1.82) is 0 Å². The third-order valence-electron chi connectivity index (χ3n) is 2.22. The Hall–Kier alpha value is -1.35.